The monoisotopic (exact) mass is 472 g/mol. The van der Waals surface area contributed by atoms with Gasteiger partial charge >= 0.3 is 0 Å². The van der Waals surface area contributed by atoms with Crippen LogP contribution in [0.2, 0.25) is 0 Å². The van der Waals surface area contributed by atoms with Crippen LogP contribution in [-0.4, -0.2) is 64.1 Å². The number of primary amides is 1. The first-order valence-electron chi connectivity index (χ1n) is 9.60. The molecule has 1 heterocycles. The van der Waals surface area contributed by atoms with Crippen molar-refractivity contribution >= 4 is 37.5 Å². The van der Waals surface area contributed by atoms with E-state index in [0.29, 0.717) is 17.3 Å². The maximum atomic E-state index is 13.5. The van der Waals surface area contributed by atoms with E-state index < -0.39 is 59.2 Å². The van der Waals surface area contributed by atoms with E-state index in [0.717, 1.165) is 24.8 Å². The van der Waals surface area contributed by atoms with Crippen molar-refractivity contribution in [2.75, 3.05) is 19.3 Å². The van der Waals surface area contributed by atoms with Crippen LogP contribution in [0.3, 0.4) is 0 Å². The van der Waals surface area contributed by atoms with Crippen LogP contribution in [0.15, 0.2) is 34.1 Å². The Kier molecular flexibility index (Phi) is 7.95. The molecule has 0 spiro atoms. The molecular weight excluding hydrogens is 446 g/mol. The standard InChI is InChI=1S/C19H26N3O7S2/c1-13(19(20)25)9-10-18(24)22(14-6-5-11-21-12-15(14)23)31(28,29)17-8-4-3-7-16(17)30(2,26)27/h3-4,7-8,10,13-14,21H,5-6,9,11-12H2,1-2H3,(H2,20,25)/t13?,14-/m0/s1. The molecule has 2 rings (SSSR count). The highest BCUT2D eigenvalue weighted by Gasteiger charge is 2.41. The normalized spacial score (nSPS) is 18.8. The average Bonchev–Trinajstić information content (AvgIpc) is 2.90. The Labute approximate surface area is 182 Å². The number of carbonyl (C=O) groups excluding carboxylic acids is 3. The molecule has 1 aromatic carbocycles. The van der Waals surface area contributed by atoms with Crippen molar-refractivity contribution in [3.8, 4) is 0 Å². The van der Waals surface area contributed by atoms with Gasteiger partial charge < -0.3 is 11.1 Å². The zero-order chi connectivity index (χ0) is 23.4. The number of hydrogen-bond acceptors (Lipinski definition) is 8. The van der Waals surface area contributed by atoms with Crippen molar-refractivity contribution in [1.82, 2.24) is 9.62 Å². The molecule has 0 aromatic heterocycles. The summed E-state index contributed by atoms with van der Waals surface area (Å²) in [7, 11) is -8.67. The van der Waals surface area contributed by atoms with Crippen molar-refractivity contribution < 1.29 is 31.2 Å². The third-order valence-electron chi connectivity index (χ3n) is 4.92. The van der Waals surface area contributed by atoms with Gasteiger partial charge in [-0.2, -0.15) is 0 Å². The molecule has 3 N–H and O–H groups in total. The molecule has 1 saturated heterocycles. The van der Waals surface area contributed by atoms with Crippen LogP contribution in [0, 0.1) is 12.3 Å². The first-order valence-corrected chi connectivity index (χ1v) is 12.9. The van der Waals surface area contributed by atoms with E-state index in [-0.39, 0.29) is 19.4 Å². The lowest BCUT2D eigenvalue weighted by atomic mass is 10.0. The fourth-order valence-corrected chi connectivity index (χ4v) is 6.34. The van der Waals surface area contributed by atoms with E-state index in [9.17, 15) is 31.2 Å². The number of nitrogens with zero attached hydrogens (tertiary/aromatic N) is 1. The Morgan fingerprint density at radius 3 is 2.42 bits per heavy atom. The number of ketones is 1. The summed E-state index contributed by atoms with van der Waals surface area (Å²) >= 11 is 0. The van der Waals surface area contributed by atoms with Gasteiger partial charge in [0.1, 0.15) is 10.9 Å². The zero-order valence-corrected chi connectivity index (χ0v) is 18.9. The molecule has 1 aromatic rings. The van der Waals surface area contributed by atoms with E-state index >= 15 is 0 Å². The fourth-order valence-electron chi connectivity index (χ4n) is 3.16. The van der Waals surface area contributed by atoms with Crippen molar-refractivity contribution in [3.05, 3.63) is 30.7 Å². The van der Waals surface area contributed by atoms with Gasteiger partial charge in [-0.25, -0.2) is 21.1 Å². The number of Topliss-reactive ketones (excluding diaryl/α,β-unsaturated/α-hetero) is 1. The van der Waals surface area contributed by atoms with Gasteiger partial charge in [0.2, 0.25) is 11.8 Å². The topological polar surface area (TPSA) is 161 Å². The fraction of sp³-hybridized carbons (Fsp3) is 0.474. The third kappa shape index (κ3) is 5.89. The highest BCUT2D eigenvalue weighted by molar-refractivity contribution is 7.93. The number of sulfonamides is 1. The van der Waals surface area contributed by atoms with Crippen LogP contribution < -0.4 is 11.1 Å². The Morgan fingerprint density at radius 2 is 1.84 bits per heavy atom. The highest BCUT2D eigenvalue weighted by Crippen LogP contribution is 2.28. The van der Waals surface area contributed by atoms with E-state index in [2.05, 4.69) is 5.32 Å². The van der Waals surface area contributed by atoms with Gasteiger partial charge in [-0.15, -0.1) is 0 Å². The van der Waals surface area contributed by atoms with E-state index in [1.54, 1.807) is 0 Å². The highest BCUT2D eigenvalue weighted by atomic mass is 32.2. The molecule has 1 unspecified atom stereocenters. The molecule has 1 radical (unpaired) electrons. The lowest BCUT2D eigenvalue weighted by molar-refractivity contribution is -0.131. The summed E-state index contributed by atoms with van der Waals surface area (Å²) in [6, 6.07) is 3.60. The number of nitrogens with one attached hydrogen (secondary N) is 1. The molecule has 1 fully saturated rings. The maximum Gasteiger partial charge on any atom is 0.268 e. The number of hydrogen-bond donors (Lipinski definition) is 2. The predicted octanol–water partition coefficient (Wildman–Crippen LogP) is -0.356. The van der Waals surface area contributed by atoms with Gasteiger partial charge in [0.05, 0.1) is 17.9 Å². The predicted molar refractivity (Wildman–Crippen MR) is 112 cm³/mol. The minimum absolute atomic E-state index is 0.0804. The summed E-state index contributed by atoms with van der Waals surface area (Å²) in [4.78, 5) is 35.9. The number of amides is 2. The van der Waals surface area contributed by atoms with Crippen LogP contribution in [0.25, 0.3) is 0 Å². The van der Waals surface area contributed by atoms with Gasteiger partial charge in [-0.1, -0.05) is 19.1 Å². The quantitative estimate of drug-likeness (QED) is 0.519. The molecule has 31 heavy (non-hydrogen) atoms. The van der Waals surface area contributed by atoms with Crippen molar-refractivity contribution in [2.24, 2.45) is 11.7 Å². The van der Waals surface area contributed by atoms with Crippen molar-refractivity contribution in [1.29, 1.82) is 0 Å². The lowest BCUT2D eigenvalue weighted by Gasteiger charge is -2.30. The molecule has 1 aliphatic rings. The minimum Gasteiger partial charge on any atom is -0.369 e. The second-order valence-corrected chi connectivity index (χ2v) is 11.2. The molecule has 2 amide bonds. The number of carbonyl (C=O) groups is 3. The second kappa shape index (κ2) is 9.88. The minimum atomic E-state index is -4.72. The first kappa shape index (κ1) is 25.0. The van der Waals surface area contributed by atoms with Crippen LogP contribution in [0.1, 0.15) is 26.2 Å². The summed E-state index contributed by atoms with van der Waals surface area (Å²) in [5.74, 6) is -2.93. The molecule has 0 bridgehead atoms. The molecule has 1 aliphatic heterocycles. The van der Waals surface area contributed by atoms with E-state index in [4.69, 9.17) is 5.73 Å². The zero-order valence-electron chi connectivity index (χ0n) is 17.3. The number of benzene rings is 1. The van der Waals surface area contributed by atoms with E-state index in [1.807, 2.05) is 0 Å². The number of rotatable bonds is 8. The average molecular weight is 473 g/mol. The largest absolute Gasteiger partial charge is 0.369 e. The Hall–Kier alpha value is -2.31. The number of nitrogens with two attached hydrogens (primary N) is 1. The van der Waals surface area contributed by atoms with Crippen LogP contribution >= 0.6 is 0 Å². The summed E-state index contributed by atoms with van der Waals surface area (Å²) < 4.78 is 51.9. The maximum absolute atomic E-state index is 13.5. The third-order valence-corrected chi connectivity index (χ3v) is 8.07. The van der Waals surface area contributed by atoms with Gasteiger partial charge in [0, 0.05) is 12.2 Å². The molecule has 2 atom stereocenters. The summed E-state index contributed by atoms with van der Waals surface area (Å²) in [5.41, 5.74) is 5.20. The molecule has 171 valence electrons. The second-order valence-electron chi connectivity index (χ2n) is 7.40. The Morgan fingerprint density at radius 1 is 1.23 bits per heavy atom. The van der Waals surface area contributed by atoms with E-state index in [1.165, 1.54) is 19.1 Å². The molecular formula is C19H26N3O7S2. The summed E-state index contributed by atoms with van der Waals surface area (Å²) in [5, 5.41) is 2.86. The Bertz CT molecular complexity index is 1070. The van der Waals surface area contributed by atoms with Gasteiger partial charge in [0.15, 0.2) is 15.6 Å². The number of sulfone groups is 1. The molecule has 12 heteroatoms. The molecule has 0 aliphatic carbocycles. The van der Waals surface area contributed by atoms with Crippen LogP contribution in [0.4, 0.5) is 0 Å². The van der Waals surface area contributed by atoms with Crippen molar-refractivity contribution in [3.63, 3.8) is 0 Å². The Balaban J connectivity index is 2.57. The van der Waals surface area contributed by atoms with Crippen LogP contribution in [0.5, 0.6) is 0 Å². The summed E-state index contributed by atoms with van der Waals surface area (Å²) in [6.07, 6.45) is 2.22. The smallest absolute Gasteiger partial charge is 0.268 e. The first-order chi connectivity index (χ1) is 14.4. The van der Waals surface area contributed by atoms with Crippen LogP contribution in [-0.2, 0) is 34.2 Å². The molecule has 10 nitrogen and oxygen atoms in total. The van der Waals surface area contributed by atoms with Gasteiger partial charge in [-0.05, 0) is 37.9 Å². The van der Waals surface area contributed by atoms with Crippen molar-refractivity contribution in [2.45, 2.75) is 42.0 Å². The van der Waals surface area contributed by atoms with Gasteiger partial charge in [0.25, 0.3) is 10.0 Å². The lowest BCUT2D eigenvalue weighted by Crippen LogP contribution is -2.50. The SMILES string of the molecule is CC(C[CH]C(=O)N([C@H]1CCCNCC1=O)S(=O)(=O)c1ccccc1S(C)(=O)=O)C(N)=O. The summed E-state index contributed by atoms with van der Waals surface area (Å²) in [6.45, 7) is 1.81. The van der Waals surface area contributed by atoms with Gasteiger partial charge in [-0.3, -0.25) is 14.4 Å². The molecule has 0 saturated carbocycles.